The van der Waals surface area contributed by atoms with Crippen LogP contribution in [0.15, 0.2) is 0 Å². The lowest BCUT2D eigenvalue weighted by Crippen LogP contribution is -2.56. The van der Waals surface area contributed by atoms with Crippen molar-refractivity contribution in [3.8, 4) is 0 Å². The maximum absolute atomic E-state index is 6.59. The third-order valence-electron chi connectivity index (χ3n) is 4.96. The van der Waals surface area contributed by atoms with Crippen molar-refractivity contribution in [2.24, 2.45) is 11.3 Å². The molecule has 112 valence electrons. The van der Waals surface area contributed by atoms with Crippen molar-refractivity contribution in [1.82, 2.24) is 0 Å². The van der Waals surface area contributed by atoms with Crippen molar-refractivity contribution in [2.45, 2.75) is 83.5 Å². The van der Waals surface area contributed by atoms with E-state index in [1.807, 2.05) is 0 Å². The van der Waals surface area contributed by atoms with Crippen LogP contribution in [-0.4, -0.2) is 23.9 Å². The average Bonchev–Trinajstić information content (AvgIpc) is 2.34. The first kappa shape index (κ1) is 15.6. The molecular weight excluding hydrogens is 260 g/mol. The summed E-state index contributed by atoms with van der Waals surface area (Å²) in [4.78, 5) is 0. The molecule has 0 N–H and O–H groups in total. The van der Waals surface area contributed by atoms with E-state index < -0.39 is 5.79 Å². The Morgan fingerprint density at radius 3 is 2.47 bits per heavy atom. The van der Waals surface area contributed by atoms with Crippen molar-refractivity contribution >= 4 is 11.6 Å². The molecular formula is C16H29ClO2. The molecule has 2 aliphatic heterocycles. The van der Waals surface area contributed by atoms with E-state index in [0.717, 1.165) is 32.3 Å². The molecule has 0 aliphatic carbocycles. The van der Waals surface area contributed by atoms with Crippen LogP contribution in [0.4, 0.5) is 0 Å². The van der Waals surface area contributed by atoms with E-state index in [4.69, 9.17) is 21.1 Å². The fourth-order valence-electron chi connectivity index (χ4n) is 3.65. The third-order valence-corrected chi connectivity index (χ3v) is 5.51. The van der Waals surface area contributed by atoms with E-state index >= 15 is 0 Å². The predicted molar refractivity (Wildman–Crippen MR) is 79.5 cm³/mol. The van der Waals surface area contributed by atoms with Gasteiger partial charge in [-0.3, -0.25) is 0 Å². The van der Waals surface area contributed by atoms with Gasteiger partial charge in [-0.2, -0.15) is 0 Å². The minimum Gasteiger partial charge on any atom is -0.348 e. The van der Waals surface area contributed by atoms with Crippen LogP contribution >= 0.6 is 11.6 Å². The Hall–Kier alpha value is 0.210. The van der Waals surface area contributed by atoms with Gasteiger partial charge >= 0.3 is 0 Å². The second-order valence-corrected chi connectivity index (χ2v) is 7.56. The van der Waals surface area contributed by atoms with Gasteiger partial charge in [0, 0.05) is 6.42 Å². The predicted octanol–water partition coefficient (Wildman–Crippen LogP) is 4.74. The molecule has 0 radical (unpaired) electrons. The molecule has 2 saturated heterocycles. The van der Waals surface area contributed by atoms with Gasteiger partial charge in [0.2, 0.25) is 0 Å². The standard InChI is InChI=1S/C16H29ClO2/c1-5-12(6-2)13-7-8-14(17)16(19-13)11-15(3,4)9-10-18-16/h12-14H,5-11H2,1-4H3/t13-,14-,16-/m1/s1. The molecule has 19 heavy (non-hydrogen) atoms. The second-order valence-electron chi connectivity index (χ2n) is 7.03. The van der Waals surface area contributed by atoms with Crippen LogP contribution in [0, 0.1) is 11.3 Å². The number of hydrogen-bond donors (Lipinski definition) is 0. The zero-order chi connectivity index (χ0) is 14.1. The van der Waals surface area contributed by atoms with E-state index in [9.17, 15) is 0 Å². The summed E-state index contributed by atoms with van der Waals surface area (Å²) < 4.78 is 12.5. The smallest absolute Gasteiger partial charge is 0.185 e. The van der Waals surface area contributed by atoms with Gasteiger partial charge in [0.1, 0.15) is 0 Å². The van der Waals surface area contributed by atoms with Gasteiger partial charge in [-0.1, -0.05) is 40.5 Å². The van der Waals surface area contributed by atoms with Gasteiger partial charge in [0.05, 0.1) is 18.1 Å². The first-order chi connectivity index (χ1) is 8.92. The third kappa shape index (κ3) is 3.28. The average molecular weight is 289 g/mol. The Labute approximate surface area is 123 Å². The van der Waals surface area contributed by atoms with Gasteiger partial charge in [0.15, 0.2) is 5.79 Å². The molecule has 2 rings (SSSR count). The fourth-order valence-corrected chi connectivity index (χ4v) is 3.97. The Balaban J connectivity index is 2.13. The summed E-state index contributed by atoms with van der Waals surface area (Å²) in [6, 6.07) is 0. The quantitative estimate of drug-likeness (QED) is 0.698. The van der Waals surface area contributed by atoms with E-state index in [2.05, 4.69) is 27.7 Å². The van der Waals surface area contributed by atoms with Gasteiger partial charge in [0.25, 0.3) is 0 Å². The zero-order valence-electron chi connectivity index (χ0n) is 12.9. The normalized spacial score (nSPS) is 38.8. The molecule has 2 nitrogen and oxygen atoms in total. The van der Waals surface area contributed by atoms with Crippen molar-refractivity contribution < 1.29 is 9.47 Å². The Bertz CT molecular complexity index is 301. The summed E-state index contributed by atoms with van der Waals surface area (Å²) in [5.41, 5.74) is 0.265. The molecule has 3 atom stereocenters. The van der Waals surface area contributed by atoms with Gasteiger partial charge in [-0.05, 0) is 30.6 Å². The lowest BCUT2D eigenvalue weighted by atomic mass is 9.77. The molecule has 0 unspecified atom stereocenters. The zero-order valence-corrected chi connectivity index (χ0v) is 13.6. The van der Waals surface area contributed by atoms with Gasteiger partial charge < -0.3 is 9.47 Å². The van der Waals surface area contributed by atoms with Crippen LogP contribution in [0.5, 0.6) is 0 Å². The van der Waals surface area contributed by atoms with Crippen molar-refractivity contribution in [1.29, 1.82) is 0 Å². The second kappa shape index (κ2) is 5.91. The summed E-state index contributed by atoms with van der Waals surface area (Å²) in [6.07, 6.45) is 6.77. The fraction of sp³-hybridized carbons (Fsp3) is 1.00. The Morgan fingerprint density at radius 1 is 1.21 bits per heavy atom. The summed E-state index contributed by atoms with van der Waals surface area (Å²) in [7, 11) is 0. The van der Waals surface area contributed by atoms with Crippen LogP contribution in [0.3, 0.4) is 0 Å². The first-order valence-corrected chi connectivity index (χ1v) is 8.32. The lowest BCUT2D eigenvalue weighted by Gasteiger charge is -2.51. The largest absolute Gasteiger partial charge is 0.348 e. The molecule has 3 heteroatoms. The van der Waals surface area contributed by atoms with Crippen LogP contribution in [0.1, 0.15) is 66.2 Å². The SMILES string of the molecule is CCC(CC)[C@H]1CC[C@@H](Cl)[C@@]2(CC(C)(C)CCO2)O1. The highest BCUT2D eigenvalue weighted by atomic mass is 35.5. The molecule has 0 aromatic rings. The molecule has 2 heterocycles. The van der Waals surface area contributed by atoms with E-state index in [1.165, 1.54) is 12.8 Å². The molecule has 0 bridgehead atoms. The first-order valence-electron chi connectivity index (χ1n) is 7.88. The highest BCUT2D eigenvalue weighted by molar-refractivity contribution is 6.21. The highest BCUT2D eigenvalue weighted by Gasteiger charge is 2.51. The summed E-state index contributed by atoms with van der Waals surface area (Å²) >= 11 is 6.59. The van der Waals surface area contributed by atoms with Crippen LogP contribution in [0.2, 0.25) is 0 Å². The molecule has 0 aromatic heterocycles. The molecule has 0 aromatic carbocycles. The van der Waals surface area contributed by atoms with Gasteiger partial charge in [-0.15, -0.1) is 11.6 Å². The van der Waals surface area contributed by atoms with Crippen molar-refractivity contribution in [2.75, 3.05) is 6.61 Å². The van der Waals surface area contributed by atoms with Crippen LogP contribution in [-0.2, 0) is 9.47 Å². The summed E-state index contributed by atoms with van der Waals surface area (Å²) in [6.45, 7) is 9.87. The number of ether oxygens (including phenoxy) is 2. The van der Waals surface area contributed by atoms with Crippen molar-refractivity contribution in [3.63, 3.8) is 0 Å². The molecule has 2 aliphatic rings. The molecule has 1 spiro atoms. The Morgan fingerprint density at radius 2 is 1.89 bits per heavy atom. The maximum Gasteiger partial charge on any atom is 0.185 e. The molecule has 0 amide bonds. The highest BCUT2D eigenvalue weighted by Crippen LogP contribution is 2.47. The van der Waals surface area contributed by atoms with Crippen molar-refractivity contribution in [3.05, 3.63) is 0 Å². The lowest BCUT2D eigenvalue weighted by molar-refractivity contribution is -0.315. The number of hydrogen-bond acceptors (Lipinski definition) is 2. The topological polar surface area (TPSA) is 18.5 Å². The summed E-state index contributed by atoms with van der Waals surface area (Å²) in [5.74, 6) is 0.101. The molecule has 2 fully saturated rings. The monoisotopic (exact) mass is 288 g/mol. The summed E-state index contributed by atoms with van der Waals surface area (Å²) in [5, 5.41) is -0.00214. The number of alkyl halides is 1. The minimum absolute atomic E-state index is 0.00214. The van der Waals surface area contributed by atoms with E-state index in [1.54, 1.807) is 0 Å². The Kier molecular flexibility index (Phi) is 4.85. The molecule has 0 saturated carbocycles. The van der Waals surface area contributed by atoms with E-state index in [0.29, 0.717) is 12.0 Å². The van der Waals surface area contributed by atoms with E-state index in [-0.39, 0.29) is 10.8 Å². The van der Waals surface area contributed by atoms with Crippen LogP contribution in [0.25, 0.3) is 0 Å². The number of rotatable bonds is 3. The minimum atomic E-state index is -0.533. The maximum atomic E-state index is 6.59. The van der Waals surface area contributed by atoms with Crippen LogP contribution < -0.4 is 0 Å². The number of halogens is 1. The van der Waals surface area contributed by atoms with Gasteiger partial charge in [-0.25, -0.2) is 0 Å².